The number of carboxylic acids is 1. The molecule has 172 valence electrons. The van der Waals surface area contributed by atoms with Gasteiger partial charge in [-0.3, -0.25) is 4.90 Å². The number of ether oxygens (including phenoxy) is 1. The molecule has 2 aromatic carbocycles. The number of nitrogens with one attached hydrogen (secondary N) is 1. The van der Waals surface area contributed by atoms with Crippen molar-refractivity contribution in [2.75, 3.05) is 50.8 Å². The van der Waals surface area contributed by atoms with Crippen LogP contribution < -0.4 is 10.2 Å². The molecule has 2 saturated heterocycles. The molecule has 2 aliphatic heterocycles. The van der Waals surface area contributed by atoms with Gasteiger partial charge in [0, 0.05) is 37.9 Å². The second kappa shape index (κ2) is 10.5. The molecule has 0 saturated carbocycles. The highest BCUT2D eigenvalue weighted by Crippen LogP contribution is 2.33. The normalized spacial score (nSPS) is 17.9. The maximum Gasteiger partial charge on any atom is 0.336 e. The number of nitrogens with zero attached hydrogens (tertiary/aromatic N) is 2. The molecule has 6 heteroatoms. The van der Waals surface area contributed by atoms with Crippen LogP contribution in [0.2, 0.25) is 0 Å². The van der Waals surface area contributed by atoms with Gasteiger partial charge in [-0.1, -0.05) is 24.3 Å². The number of piperidine rings is 1. The highest BCUT2D eigenvalue weighted by Gasteiger charge is 2.24. The molecule has 2 fully saturated rings. The Labute approximate surface area is 191 Å². The van der Waals surface area contributed by atoms with Crippen LogP contribution in [0.5, 0.6) is 0 Å². The Kier molecular flexibility index (Phi) is 7.45. The molecule has 2 aliphatic rings. The minimum Gasteiger partial charge on any atom is -0.478 e. The molecule has 0 unspecified atom stereocenters. The number of hydrogen-bond acceptors (Lipinski definition) is 5. The van der Waals surface area contributed by atoms with Crippen molar-refractivity contribution in [3.8, 4) is 11.1 Å². The van der Waals surface area contributed by atoms with E-state index in [4.69, 9.17) is 4.74 Å². The summed E-state index contributed by atoms with van der Waals surface area (Å²) in [6.45, 7) is 11.4. The van der Waals surface area contributed by atoms with Crippen molar-refractivity contribution in [3.05, 3.63) is 53.1 Å². The van der Waals surface area contributed by atoms with E-state index in [-0.39, 0.29) is 0 Å². The molecule has 0 atom stereocenters. The van der Waals surface area contributed by atoms with Crippen LogP contribution in [-0.4, -0.2) is 68.0 Å². The lowest BCUT2D eigenvalue weighted by atomic mass is 9.95. The van der Waals surface area contributed by atoms with Crippen LogP contribution >= 0.6 is 0 Å². The number of morpholine rings is 1. The van der Waals surface area contributed by atoms with Crippen molar-refractivity contribution < 1.29 is 14.6 Å². The fourth-order valence-electron chi connectivity index (χ4n) is 4.95. The van der Waals surface area contributed by atoms with Crippen molar-refractivity contribution in [2.24, 2.45) is 0 Å². The molecular formula is C26H35N3O3. The monoisotopic (exact) mass is 437 g/mol. The standard InChI is InChI=1S/C26H35N3O3/c1-3-29(23-8-10-27-11-9-23)25-17-22(16-24(19(25)2)26(30)31)21-6-4-20(5-7-21)18-28-12-14-32-15-13-28/h4-7,16-17,23,27H,3,8-15,18H2,1-2H3,(H,30,31). The molecule has 32 heavy (non-hydrogen) atoms. The Balaban J connectivity index is 1.63. The maximum absolute atomic E-state index is 12.1. The third-order valence-corrected chi connectivity index (χ3v) is 6.81. The second-order valence-electron chi connectivity index (χ2n) is 8.83. The van der Waals surface area contributed by atoms with E-state index in [1.165, 1.54) is 5.56 Å². The van der Waals surface area contributed by atoms with Crippen LogP contribution in [0, 0.1) is 6.92 Å². The summed E-state index contributed by atoms with van der Waals surface area (Å²) < 4.78 is 5.44. The van der Waals surface area contributed by atoms with Crippen LogP contribution in [0.4, 0.5) is 5.69 Å². The Bertz CT molecular complexity index is 917. The highest BCUT2D eigenvalue weighted by atomic mass is 16.5. The molecule has 2 heterocycles. The summed E-state index contributed by atoms with van der Waals surface area (Å²) in [6, 6.07) is 13.0. The van der Waals surface area contributed by atoms with Crippen LogP contribution in [-0.2, 0) is 11.3 Å². The molecule has 0 aliphatic carbocycles. The highest BCUT2D eigenvalue weighted by molar-refractivity contribution is 5.94. The zero-order chi connectivity index (χ0) is 22.5. The third kappa shape index (κ3) is 5.14. The molecule has 0 radical (unpaired) electrons. The van der Waals surface area contributed by atoms with E-state index >= 15 is 0 Å². The summed E-state index contributed by atoms with van der Waals surface area (Å²) in [6.07, 6.45) is 2.16. The number of rotatable bonds is 7. The first-order valence-electron chi connectivity index (χ1n) is 11.8. The molecule has 2 N–H and O–H groups in total. The molecule has 4 rings (SSSR count). The van der Waals surface area contributed by atoms with Crippen molar-refractivity contribution in [1.29, 1.82) is 0 Å². The first-order valence-corrected chi connectivity index (χ1v) is 11.8. The smallest absolute Gasteiger partial charge is 0.336 e. The lowest BCUT2D eigenvalue weighted by Crippen LogP contribution is -2.43. The Morgan fingerprint density at radius 2 is 1.81 bits per heavy atom. The lowest BCUT2D eigenvalue weighted by molar-refractivity contribution is 0.0342. The Morgan fingerprint density at radius 3 is 2.44 bits per heavy atom. The average Bonchev–Trinajstić information content (AvgIpc) is 2.82. The van der Waals surface area contributed by atoms with Crippen LogP contribution in [0.25, 0.3) is 11.1 Å². The van der Waals surface area contributed by atoms with E-state index in [1.807, 2.05) is 13.0 Å². The third-order valence-electron chi connectivity index (χ3n) is 6.81. The summed E-state index contributed by atoms with van der Waals surface area (Å²) in [5.74, 6) is -0.865. The predicted molar refractivity (Wildman–Crippen MR) is 129 cm³/mol. The molecule has 6 nitrogen and oxygen atoms in total. The fourth-order valence-corrected chi connectivity index (χ4v) is 4.95. The van der Waals surface area contributed by atoms with E-state index in [0.29, 0.717) is 11.6 Å². The average molecular weight is 438 g/mol. The number of carboxylic acid groups (broad SMARTS) is 1. The van der Waals surface area contributed by atoms with E-state index in [2.05, 4.69) is 52.4 Å². The number of anilines is 1. The van der Waals surface area contributed by atoms with Gasteiger partial charge in [0.1, 0.15) is 0 Å². The van der Waals surface area contributed by atoms with Crippen molar-refractivity contribution in [1.82, 2.24) is 10.2 Å². The zero-order valence-electron chi connectivity index (χ0n) is 19.3. The van der Waals surface area contributed by atoms with E-state index in [9.17, 15) is 9.90 Å². The molecule has 2 aromatic rings. The van der Waals surface area contributed by atoms with Gasteiger partial charge in [-0.05, 0) is 74.2 Å². The topological polar surface area (TPSA) is 65.0 Å². The van der Waals surface area contributed by atoms with Crippen LogP contribution in [0.1, 0.15) is 41.3 Å². The molecule has 0 spiro atoms. The first kappa shape index (κ1) is 22.8. The number of hydrogen-bond donors (Lipinski definition) is 2. The molecule has 0 aromatic heterocycles. The minimum absolute atomic E-state index is 0.391. The fraction of sp³-hybridized carbons (Fsp3) is 0.500. The maximum atomic E-state index is 12.1. The van der Waals surface area contributed by atoms with Gasteiger partial charge in [-0.2, -0.15) is 0 Å². The largest absolute Gasteiger partial charge is 0.478 e. The van der Waals surface area contributed by atoms with Gasteiger partial charge in [-0.25, -0.2) is 4.79 Å². The minimum atomic E-state index is -0.865. The van der Waals surface area contributed by atoms with Crippen molar-refractivity contribution in [3.63, 3.8) is 0 Å². The zero-order valence-corrected chi connectivity index (χ0v) is 19.3. The van der Waals surface area contributed by atoms with Crippen LogP contribution in [0.15, 0.2) is 36.4 Å². The van der Waals surface area contributed by atoms with E-state index in [0.717, 1.165) is 87.7 Å². The first-order chi connectivity index (χ1) is 15.6. The number of aromatic carboxylic acids is 1. The summed E-state index contributed by atoms with van der Waals surface area (Å²) in [5.41, 5.74) is 5.58. The summed E-state index contributed by atoms with van der Waals surface area (Å²) in [4.78, 5) is 16.9. The number of carbonyl (C=O) groups is 1. The lowest BCUT2D eigenvalue weighted by Gasteiger charge is -2.37. The van der Waals surface area contributed by atoms with Gasteiger partial charge in [0.2, 0.25) is 0 Å². The SMILES string of the molecule is CCN(c1cc(-c2ccc(CN3CCOCC3)cc2)cc(C(=O)O)c1C)C1CCNCC1. The summed E-state index contributed by atoms with van der Waals surface area (Å²) >= 11 is 0. The van der Waals surface area contributed by atoms with Gasteiger partial charge in [0.15, 0.2) is 0 Å². The summed E-state index contributed by atoms with van der Waals surface area (Å²) in [5, 5.41) is 13.3. The number of benzene rings is 2. The van der Waals surface area contributed by atoms with Crippen molar-refractivity contribution in [2.45, 2.75) is 39.3 Å². The molecule has 0 bridgehead atoms. The Morgan fingerprint density at radius 1 is 1.12 bits per heavy atom. The molecular weight excluding hydrogens is 402 g/mol. The van der Waals surface area contributed by atoms with Gasteiger partial charge in [0.05, 0.1) is 18.8 Å². The Hall–Kier alpha value is -2.41. The predicted octanol–water partition coefficient (Wildman–Crippen LogP) is 3.77. The quantitative estimate of drug-likeness (QED) is 0.688. The van der Waals surface area contributed by atoms with E-state index in [1.54, 1.807) is 0 Å². The van der Waals surface area contributed by atoms with Gasteiger partial charge >= 0.3 is 5.97 Å². The van der Waals surface area contributed by atoms with Crippen molar-refractivity contribution >= 4 is 11.7 Å². The molecule has 0 amide bonds. The second-order valence-corrected chi connectivity index (χ2v) is 8.83. The van der Waals surface area contributed by atoms with E-state index < -0.39 is 5.97 Å². The van der Waals surface area contributed by atoms with Gasteiger partial charge < -0.3 is 20.1 Å². The van der Waals surface area contributed by atoms with Gasteiger partial charge in [0.25, 0.3) is 0 Å². The van der Waals surface area contributed by atoms with Gasteiger partial charge in [-0.15, -0.1) is 0 Å². The summed E-state index contributed by atoms with van der Waals surface area (Å²) in [7, 11) is 0. The van der Waals surface area contributed by atoms with Crippen LogP contribution in [0.3, 0.4) is 0 Å².